The van der Waals surface area contributed by atoms with Crippen LogP contribution in [0.25, 0.3) is 0 Å². The molecule has 3 unspecified atom stereocenters. The molecule has 2 fully saturated rings. The van der Waals surface area contributed by atoms with E-state index in [0.717, 1.165) is 24.4 Å². The highest BCUT2D eigenvalue weighted by Crippen LogP contribution is 2.34. The van der Waals surface area contributed by atoms with E-state index in [1.807, 2.05) is 11.3 Å². The van der Waals surface area contributed by atoms with Gasteiger partial charge in [0.05, 0.1) is 0 Å². The zero-order valence-corrected chi connectivity index (χ0v) is 10.9. The quantitative estimate of drug-likeness (QED) is 0.846. The molecular formula is C13H20N2S. The maximum Gasteiger partial charge on any atom is 0.0333 e. The molecule has 0 spiro atoms. The molecule has 0 bridgehead atoms. The van der Waals surface area contributed by atoms with Crippen LogP contribution in [0.2, 0.25) is 0 Å². The fraction of sp³-hybridized carbons (Fsp3) is 0.692. The summed E-state index contributed by atoms with van der Waals surface area (Å²) < 4.78 is 0. The van der Waals surface area contributed by atoms with E-state index in [1.54, 1.807) is 4.88 Å². The third-order valence-corrected chi connectivity index (χ3v) is 5.38. The Morgan fingerprint density at radius 2 is 2.38 bits per heavy atom. The Morgan fingerprint density at radius 3 is 3.06 bits per heavy atom. The lowest BCUT2D eigenvalue weighted by Gasteiger charge is -2.23. The molecule has 2 saturated heterocycles. The van der Waals surface area contributed by atoms with E-state index in [-0.39, 0.29) is 0 Å². The maximum absolute atomic E-state index is 3.52. The van der Waals surface area contributed by atoms with Gasteiger partial charge in [0.2, 0.25) is 0 Å². The van der Waals surface area contributed by atoms with Crippen molar-refractivity contribution in [2.75, 3.05) is 19.6 Å². The first-order valence-electron chi connectivity index (χ1n) is 6.23. The summed E-state index contributed by atoms with van der Waals surface area (Å²) in [6.07, 6.45) is 0. The van der Waals surface area contributed by atoms with Crippen LogP contribution in [0.3, 0.4) is 0 Å². The molecule has 0 amide bonds. The van der Waals surface area contributed by atoms with Gasteiger partial charge in [0.25, 0.3) is 0 Å². The summed E-state index contributed by atoms with van der Waals surface area (Å²) in [4.78, 5) is 4.23. The standard InChI is InChI=1S/C13H20N2S/c1-9-3-4-16-13(9)8-15-7-11-5-14-6-12(11)10(15)2/h3-4,10-12,14H,5-8H2,1-2H3. The Kier molecular flexibility index (Phi) is 2.78. The van der Waals surface area contributed by atoms with E-state index >= 15 is 0 Å². The summed E-state index contributed by atoms with van der Waals surface area (Å²) in [6.45, 7) is 9.55. The average Bonchev–Trinajstić information content (AvgIpc) is 2.91. The van der Waals surface area contributed by atoms with Gasteiger partial charge in [-0.2, -0.15) is 0 Å². The Bertz CT molecular complexity index is 374. The predicted octanol–water partition coefficient (Wildman–Crippen LogP) is 2.10. The molecule has 1 N–H and O–H groups in total. The fourth-order valence-electron chi connectivity index (χ4n) is 3.22. The predicted molar refractivity (Wildman–Crippen MR) is 68.8 cm³/mol. The largest absolute Gasteiger partial charge is 0.316 e. The first-order chi connectivity index (χ1) is 7.75. The molecule has 2 aliphatic rings. The zero-order chi connectivity index (χ0) is 11.1. The molecule has 1 aromatic heterocycles. The number of nitrogens with one attached hydrogen (secondary N) is 1. The molecule has 2 nitrogen and oxygen atoms in total. The maximum atomic E-state index is 3.52. The van der Waals surface area contributed by atoms with Crippen molar-refractivity contribution in [2.45, 2.75) is 26.4 Å². The highest BCUT2D eigenvalue weighted by atomic mass is 32.1. The number of nitrogens with zero attached hydrogens (tertiary/aromatic N) is 1. The van der Waals surface area contributed by atoms with Crippen LogP contribution in [0, 0.1) is 18.8 Å². The van der Waals surface area contributed by atoms with Gasteiger partial charge >= 0.3 is 0 Å². The number of fused-ring (bicyclic) bond motifs is 1. The summed E-state index contributed by atoms with van der Waals surface area (Å²) in [5.74, 6) is 1.79. The minimum absolute atomic E-state index is 0.751. The molecule has 0 aromatic carbocycles. The first-order valence-corrected chi connectivity index (χ1v) is 7.11. The number of likely N-dealkylation sites (tertiary alicyclic amines) is 1. The van der Waals surface area contributed by atoms with Crippen LogP contribution in [0.4, 0.5) is 0 Å². The van der Waals surface area contributed by atoms with Crippen molar-refractivity contribution in [1.29, 1.82) is 0 Å². The third-order valence-electron chi connectivity index (χ3n) is 4.37. The minimum Gasteiger partial charge on any atom is -0.316 e. The SMILES string of the molecule is Cc1ccsc1CN1CC2CNCC2C1C. The normalized spacial score (nSPS) is 34.5. The van der Waals surface area contributed by atoms with Crippen molar-refractivity contribution < 1.29 is 0 Å². The smallest absolute Gasteiger partial charge is 0.0333 e. The van der Waals surface area contributed by atoms with E-state index in [0.29, 0.717) is 0 Å². The second kappa shape index (κ2) is 4.13. The topological polar surface area (TPSA) is 15.3 Å². The van der Waals surface area contributed by atoms with Gasteiger partial charge in [0, 0.05) is 24.0 Å². The monoisotopic (exact) mass is 236 g/mol. The number of thiophene rings is 1. The van der Waals surface area contributed by atoms with Crippen molar-refractivity contribution in [3.63, 3.8) is 0 Å². The van der Waals surface area contributed by atoms with Crippen molar-refractivity contribution in [3.05, 3.63) is 21.9 Å². The van der Waals surface area contributed by atoms with Gasteiger partial charge in [-0.05, 0) is 55.8 Å². The van der Waals surface area contributed by atoms with Gasteiger partial charge in [-0.15, -0.1) is 11.3 Å². The molecule has 3 heterocycles. The van der Waals surface area contributed by atoms with Crippen molar-refractivity contribution in [2.24, 2.45) is 11.8 Å². The summed E-state index contributed by atoms with van der Waals surface area (Å²) in [5, 5.41) is 5.74. The highest BCUT2D eigenvalue weighted by molar-refractivity contribution is 7.10. The molecule has 3 atom stereocenters. The van der Waals surface area contributed by atoms with Crippen LogP contribution in [0.15, 0.2) is 11.4 Å². The Morgan fingerprint density at radius 1 is 1.50 bits per heavy atom. The van der Waals surface area contributed by atoms with E-state index in [4.69, 9.17) is 0 Å². The summed E-state index contributed by atoms with van der Waals surface area (Å²) in [7, 11) is 0. The van der Waals surface area contributed by atoms with Crippen LogP contribution in [-0.4, -0.2) is 30.6 Å². The summed E-state index contributed by atoms with van der Waals surface area (Å²) in [6, 6.07) is 2.99. The van der Waals surface area contributed by atoms with Crippen LogP contribution in [0.5, 0.6) is 0 Å². The van der Waals surface area contributed by atoms with Crippen molar-refractivity contribution >= 4 is 11.3 Å². The molecule has 0 radical (unpaired) electrons. The second-order valence-electron chi connectivity index (χ2n) is 5.28. The molecule has 3 heteroatoms. The van der Waals surface area contributed by atoms with Gasteiger partial charge < -0.3 is 5.32 Å². The Balaban J connectivity index is 1.71. The molecule has 16 heavy (non-hydrogen) atoms. The third kappa shape index (κ3) is 1.71. The van der Waals surface area contributed by atoms with Gasteiger partial charge in [-0.25, -0.2) is 0 Å². The van der Waals surface area contributed by atoms with Crippen LogP contribution in [0.1, 0.15) is 17.4 Å². The molecule has 1 aromatic rings. The minimum atomic E-state index is 0.751. The Hall–Kier alpha value is -0.380. The lowest BCUT2D eigenvalue weighted by molar-refractivity contribution is 0.233. The molecule has 0 saturated carbocycles. The molecule has 0 aliphatic carbocycles. The second-order valence-corrected chi connectivity index (χ2v) is 6.28. The average molecular weight is 236 g/mol. The Labute approximate surface area is 102 Å². The summed E-state index contributed by atoms with van der Waals surface area (Å²) in [5.41, 5.74) is 1.47. The van der Waals surface area contributed by atoms with Gasteiger partial charge in [-0.3, -0.25) is 4.90 Å². The summed E-state index contributed by atoms with van der Waals surface area (Å²) >= 11 is 1.91. The lowest BCUT2D eigenvalue weighted by Crippen LogP contribution is -2.32. The van der Waals surface area contributed by atoms with E-state index < -0.39 is 0 Å². The van der Waals surface area contributed by atoms with Crippen LogP contribution < -0.4 is 5.32 Å². The first kappa shape index (κ1) is 10.8. The van der Waals surface area contributed by atoms with Crippen LogP contribution >= 0.6 is 11.3 Å². The molecular weight excluding hydrogens is 216 g/mol. The van der Waals surface area contributed by atoms with Gasteiger partial charge in [0.15, 0.2) is 0 Å². The van der Waals surface area contributed by atoms with Gasteiger partial charge in [-0.1, -0.05) is 0 Å². The molecule has 3 rings (SSSR count). The number of hydrogen-bond donors (Lipinski definition) is 1. The lowest BCUT2D eigenvalue weighted by atomic mass is 9.95. The van der Waals surface area contributed by atoms with E-state index in [2.05, 4.69) is 35.5 Å². The van der Waals surface area contributed by atoms with E-state index in [1.165, 1.54) is 25.2 Å². The highest BCUT2D eigenvalue weighted by Gasteiger charge is 2.41. The molecule has 88 valence electrons. The number of rotatable bonds is 2. The zero-order valence-electron chi connectivity index (χ0n) is 10.1. The van der Waals surface area contributed by atoms with Crippen molar-refractivity contribution in [1.82, 2.24) is 10.2 Å². The number of aryl methyl sites for hydroxylation is 1. The fourth-order valence-corrected chi connectivity index (χ4v) is 4.15. The van der Waals surface area contributed by atoms with Crippen molar-refractivity contribution in [3.8, 4) is 0 Å². The number of hydrogen-bond acceptors (Lipinski definition) is 3. The van der Waals surface area contributed by atoms with Gasteiger partial charge in [0.1, 0.15) is 0 Å². The van der Waals surface area contributed by atoms with E-state index in [9.17, 15) is 0 Å². The molecule has 2 aliphatic heterocycles. The van der Waals surface area contributed by atoms with Crippen LogP contribution in [-0.2, 0) is 6.54 Å².